The van der Waals surface area contributed by atoms with E-state index in [-0.39, 0.29) is 0 Å². The Morgan fingerprint density at radius 2 is 2.15 bits per heavy atom. The van der Waals surface area contributed by atoms with Gasteiger partial charge in [-0.25, -0.2) is 4.39 Å². The van der Waals surface area contributed by atoms with Gasteiger partial charge in [-0.05, 0) is 25.2 Å². The van der Waals surface area contributed by atoms with Gasteiger partial charge in [-0.3, -0.25) is 0 Å². The summed E-state index contributed by atoms with van der Waals surface area (Å²) < 4.78 is 12.9. The van der Waals surface area contributed by atoms with Crippen molar-refractivity contribution >= 4 is 0 Å². The number of hydrogen-bond donors (Lipinski definition) is 1. The monoisotopic (exact) mass is 186 g/mol. The minimum absolute atomic E-state index is 0.374. The predicted molar refractivity (Wildman–Crippen MR) is 51.3 cm³/mol. The minimum Gasteiger partial charge on any atom is -0.327 e. The van der Waals surface area contributed by atoms with Crippen LogP contribution in [0.15, 0.2) is 0 Å². The lowest BCUT2D eigenvalue weighted by atomic mass is 10.0. The largest absolute Gasteiger partial charge is 0.327 e. The van der Waals surface area contributed by atoms with Gasteiger partial charge in [0, 0.05) is 25.7 Å². The van der Waals surface area contributed by atoms with Gasteiger partial charge in [0.2, 0.25) is 0 Å². The molecule has 0 aromatic carbocycles. The Kier molecular flexibility index (Phi) is 2.84. The molecule has 2 N–H and O–H groups in total. The van der Waals surface area contributed by atoms with Crippen molar-refractivity contribution in [2.75, 3.05) is 19.6 Å². The second-order valence-corrected chi connectivity index (χ2v) is 4.50. The average Bonchev–Trinajstić information content (AvgIpc) is 2.64. The summed E-state index contributed by atoms with van der Waals surface area (Å²) in [6.07, 6.45) is 3.81. The lowest BCUT2D eigenvalue weighted by Gasteiger charge is -2.22. The van der Waals surface area contributed by atoms with E-state index in [1.165, 1.54) is 12.8 Å². The molecular weight excluding hydrogens is 167 g/mol. The molecule has 1 aliphatic carbocycles. The quantitative estimate of drug-likeness (QED) is 0.701. The summed E-state index contributed by atoms with van der Waals surface area (Å²) in [4.78, 5) is 2.24. The summed E-state index contributed by atoms with van der Waals surface area (Å²) in [6, 6.07) is 0.374. The number of halogens is 1. The van der Waals surface area contributed by atoms with Crippen molar-refractivity contribution in [3.8, 4) is 0 Å². The molecule has 3 heteroatoms. The Hall–Kier alpha value is -0.150. The normalized spacial score (nSPS) is 41.5. The molecule has 0 aromatic rings. The van der Waals surface area contributed by atoms with Crippen molar-refractivity contribution < 1.29 is 4.39 Å². The van der Waals surface area contributed by atoms with Crippen molar-refractivity contribution in [2.45, 2.75) is 37.9 Å². The molecule has 1 saturated carbocycles. The zero-order valence-electron chi connectivity index (χ0n) is 8.08. The van der Waals surface area contributed by atoms with Gasteiger partial charge < -0.3 is 10.6 Å². The number of nitrogens with zero attached hydrogens (tertiary/aromatic N) is 1. The summed E-state index contributed by atoms with van der Waals surface area (Å²) in [7, 11) is 0. The first-order chi connectivity index (χ1) is 6.25. The predicted octanol–water partition coefficient (Wildman–Crippen LogP) is 1.16. The van der Waals surface area contributed by atoms with Crippen LogP contribution in [0.2, 0.25) is 0 Å². The van der Waals surface area contributed by atoms with E-state index in [1.807, 2.05) is 0 Å². The molecular formula is C10H19FN2. The molecule has 1 saturated heterocycles. The van der Waals surface area contributed by atoms with Crippen LogP contribution in [0.3, 0.4) is 0 Å². The van der Waals surface area contributed by atoms with Gasteiger partial charge in [-0.2, -0.15) is 0 Å². The van der Waals surface area contributed by atoms with E-state index in [0.717, 1.165) is 25.9 Å². The van der Waals surface area contributed by atoms with E-state index >= 15 is 0 Å². The van der Waals surface area contributed by atoms with Crippen LogP contribution in [-0.2, 0) is 0 Å². The first-order valence-corrected chi connectivity index (χ1v) is 5.37. The fraction of sp³-hybridized carbons (Fsp3) is 1.00. The standard InChI is InChI=1S/C10H19FN2/c11-9-4-5-13(7-9)6-8-2-1-3-10(8)12/h8-10H,1-7,12H2. The van der Waals surface area contributed by atoms with Crippen molar-refractivity contribution in [2.24, 2.45) is 11.7 Å². The van der Waals surface area contributed by atoms with Crippen LogP contribution in [0.25, 0.3) is 0 Å². The topological polar surface area (TPSA) is 29.3 Å². The molecule has 0 spiro atoms. The summed E-state index contributed by atoms with van der Waals surface area (Å²) in [5, 5.41) is 0. The molecule has 0 radical (unpaired) electrons. The maximum absolute atomic E-state index is 12.9. The summed E-state index contributed by atoms with van der Waals surface area (Å²) in [5.74, 6) is 0.630. The number of hydrogen-bond acceptors (Lipinski definition) is 2. The summed E-state index contributed by atoms with van der Waals surface area (Å²) in [5.41, 5.74) is 5.97. The van der Waals surface area contributed by atoms with Gasteiger partial charge in [0.25, 0.3) is 0 Å². The molecule has 3 atom stereocenters. The fourth-order valence-electron chi connectivity index (χ4n) is 2.58. The molecule has 2 rings (SSSR count). The lowest BCUT2D eigenvalue weighted by molar-refractivity contribution is 0.243. The second kappa shape index (κ2) is 3.93. The number of alkyl halides is 1. The van der Waals surface area contributed by atoms with Crippen LogP contribution in [-0.4, -0.2) is 36.7 Å². The van der Waals surface area contributed by atoms with Gasteiger partial charge in [0.05, 0.1) is 0 Å². The van der Waals surface area contributed by atoms with Gasteiger partial charge >= 0.3 is 0 Å². The van der Waals surface area contributed by atoms with Gasteiger partial charge in [0.15, 0.2) is 0 Å². The van der Waals surface area contributed by atoms with Gasteiger partial charge in [-0.15, -0.1) is 0 Å². The van der Waals surface area contributed by atoms with Crippen LogP contribution < -0.4 is 5.73 Å². The van der Waals surface area contributed by atoms with E-state index in [9.17, 15) is 4.39 Å². The van der Waals surface area contributed by atoms with Crippen molar-refractivity contribution in [3.05, 3.63) is 0 Å². The zero-order valence-corrected chi connectivity index (χ0v) is 8.08. The molecule has 0 aromatic heterocycles. The smallest absolute Gasteiger partial charge is 0.114 e. The summed E-state index contributed by atoms with van der Waals surface area (Å²) in [6.45, 7) is 2.61. The van der Waals surface area contributed by atoms with Crippen molar-refractivity contribution in [3.63, 3.8) is 0 Å². The Morgan fingerprint density at radius 1 is 1.31 bits per heavy atom. The lowest BCUT2D eigenvalue weighted by Crippen LogP contribution is -2.35. The first kappa shape index (κ1) is 9.41. The van der Waals surface area contributed by atoms with Crippen LogP contribution in [0.1, 0.15) is 25.7 Å². The van der Waals surface area contributed by atoms with E-state index in [0.29, 0.717) is 18.5 Å². The maximum Gasteiger partial charge on any atom is 0.114 e. The minimum atomic E-state index is -0.586. The summed E-state index contributed by atoms with van der Waals surface area (Å²) >= 11 is 0. The van der Waals surface area contributed by atoms with Crippen molar-refractivity contribution in [1.82, 2.24) is 4.90 Å². The molecule has 1 heterocycles. The van der Waals surface area contributed by atoms with Crippen LogP contribution in [0, 0.1) is 5.92 Å². The maximum atomic E-state index is 12.9. The van der Waals surface area contributed by atoms with E-state index < -0.39 is 6.17 Å². The highest BCUT2D eigenvalue weighted by Crippen LogP contribution is 2.26. The SMILES string of the molecule is NC1CCCC1CN1CCC(F)C1. The molecule has 0 amide bonds. The number of likely N-dealkylation sites (tertiary alicyclic amines) is 1. The first-order valence-electron chi connectivity index (χ1n) is 5.37. The number of rotatable bonds is 2. The third-order valence-electron chi connectivity index (χ3n) is 3.43. The van der Waals surface area contributed by atoms with Crippen LogP contribution in [0.5, 0.6) is 0 Å². The van der Waals surface area contributed by atoms with E-state index in [1.54, 1.807) is 0 Å². The highest BCUT2D eigenvalue weighted by molar-refractivity contribution is 4.85. The van der Waals surface area contributed by atoms with Gasteiger partial charge in [0.1, 0.15) is 6.17 Å². The molecule has 0 bridgehead atoms. The highest BCUT2D eigenvalue weighted by atomic mass is 19.1. The van der Waals surface area contributed by atoms with Crippen LogP contribution in [0.4, 0.5) is 4.39 Å². The Balaban J connectivity index is 1.77. The molecule has 2 aliphatic rings. The Morgan fingerprint density at radius 3 is 2.69 bits per heavy atom. The third-order valence-corrected chi connectivity index (χ3v) is 3.43. The van der Waals surface area contributed by atoms with Crippen molar-refractivity contribution in [1.29, 1.82) is 0 Å². The van der Waals surface area contributed by atoms with Gasteiger partial charge in [-0.1, -0.05) is 6.42 Å². The van der Waals surface area contributed by atoms with E-state index in [4.69, 9.17) is 5.73 Å². The Bertz CT molecular complexity index is 174. The zero-order chi connectivity index (χ0) is 9.26. The fourth-order valence-corrected chi connectivity index (χ4v) is 2.58. The molecule has 1 aliphatic heterocycles. The molecule has 2 nitrogen and oxygen atoms in total. The van der Waals surface area contributed by atoms with Crippen LogP contribution >= 0.6 is 0 Å². The second-order valence-electron chi connectivity index (χ2n) is 4.50. The molecule has 13 heavy (non-hydrogen) atoms. The highest BCUT2D eigenvalue weighted by Gasteiger charge is 2.29. The Labute approximate surface area is 79.3 Å². The number of nitrogens with two attached hydrogens (primary N) is 1. The molecule has 76 valence electrons. The molecule has 2 fully saturated rings. The molecule has 3 unspecified atom stereocenters. The average molecular weight is 186 g/mol. The van der Waals surface area contributed by atoms with E-state index in [2.05, 4.69) is 4.90 Å². The third kappa shape index (κ3) is 2.20.